The summed E-state index contributed by atoms with van der Waals surface area (Å²) in [5, 5.41) is 8.99. The zero-order chi connectivity index (χ0) is 9.10. The molecule has 1 aliphatic rings. The topological polar surface area (TPSA) is 55.2 Å². The van der Waals surface area contributed by atoms with Gasteiger partial charge in [-0.15, -0.1) is 0 Å². The molecular formula is C9H12N2O2. The van der Waals surface area contributed by atoms with Crippen LogP contribution in [-0.4, -0.2) is 21.7 Å². The molecule has 1 aromatic rings. The van der Waals surface area contributed by atoms with Crippen LogP contribution in [0.5, 0.6) is 5.75 Å². The minimum atomic E-state index is 0.0225. The SMILES string of the molecule is Oc1cnc(C2CCCCO2)nc1. The van der Waals surface area contributed by atoms with Crippen molar-refractivity contribution >= 4 is 0 Å². The average Bonchev–Trinajstić information content (AvgIpc) is 2.20. The Hall–Kier alpha value is -1.16. The van der Waals surface area contributed by atoms with Crippen molar-refractivity contribution in [2.75, 3.05) is 6.61 Å². The molecule has 1 aliphatic heterocycles. The second-order valence-electron chi connectivity index (χ2n) is 3.15. The van der Waals surface area contributed by atoms with Gasteiger partial charge < -0.3 is 9.84 Å². The van der Waals surface area contributed by atoms with Crippen LogP contribution in [-0.2, 0) is 4.74 Å². The van der Waals surface area contributed by atoms with Crippen LogP contribution < -0.4 is 0 Å². The summed E-state index contributed by atoms with van der Waals surface area (Å²) in [4.78, 5) is 8.03. The van der Waals surface area contributed by atoms with Gasteiger partial charge in [-0.05, 0) is 19.3 Å². The largest absolute Gasteiger partial charge is 0.505 e. The molecule has 0 spiro atoms. The quantitative estimate of drug-likeness (QED) is 0.710. The van der Waals surface area contributed by atoms with E-state index in [4.69, 9.17) is 9.84 Å². The van der Waals surface area contributed by atoms with Crippen LogP contribution in [0.4, 0.5) is 0 Å². The first-order valence-corrected chi connectivity index (χ1v) is 4.49. The van der Waals surface area contributed by atoms with E-state index in [1.807, 2.05) is 0 Å². The fourth-order valence-electron chi connectivity index (χ4n) is 1.44. The number of nitrogens with zero attached hydrogens (tertiary/aromatic N) is 2. The highest BCUT2D eigenvalue weighted by molar-refractivity contribution is 5.10. The van der Waals surface area contributed by atoms with Gasteiger partial charge in [-0.1, -0.05) is 0 Å². The van der Waals surface area contributed by atoms with E-state index in [9.17, 15) is 0 Å². The van der Waals surface area contributed by atoms with Gasteiger partial charge in [0.15, 0.2) is 11.6 Å². The van der Waals surface area contributed by atoms with Crippen molar-refractivity contribution in [2.45, 2.75) is 25.4 Å². The van der Waals surface area contributed by atoms with E-state index in [0.29, 0.717) is 5.82 Å². The van der Waals surface area contributed by atoms with Crippen LogP contribution in [0.2, 0.25) is 0 Å². The first-order valence-electron chi connectivity index (χ1n) is 4.49. The first kappa shape index (κ1) is 8.44. The molecule has 1 atom stereocenters. The Labute approximate surface area is 76.6 Å². The summed E-state index contributed by atoms with van der Waals surface area (Å²) in [6.45, 7) is 0.787. The predicted octanol–water partition coefficient (Wildman–Crippen LogP) is 1.42. The third-order valence-corrected chi connectivity index (χ3v) is 2.13. The summed E-state index contributed by atoms with van der Waals surface area (Å²) in [7, 11) is 0. The maximum absolute atomic E-state index is 8.99. The van der Waals surface area contributed by atoms with E-state index in [1.54, 1.807) is 0 Å². The molecule has 1 saturated heterocycles. The molecule has 4 nitrogen and oxygen atoms in total. The van der Waals surface area contributed by atoms with Gasteiger partial charge in [0.05, 0.1) is 12.4 Å². The minimum absolute atomic E-state index is 0.0225. The number of aromatic nitrogens is 2. The van der Waals surface area contributed by atoms with Crippen molar-refractivity contribution in [1.82, 2.24) is 9.97 Å². The Bertz CT molecular complexity index is 267. The lowest BCUT2D eigenvalue weighted by Gasteiger charge is -2.20. The van der Waals surface area contributed by atoms with E-state index in [-0.39, 0.29) is 11.9 Å². The van der Waals surface area contributed by atoms with Gasteiger partial charge in [-0.25, -0.2) is 9.97 Å². The molecule has 2 heterocycles. The van der Waals surface area contributed by atoms with E-state index >= 15 is 0 Å². The summed E-state index contributed by atoms with van der Waals surface area (Å²) in [6, 6.07) is 0. The molecule has 0 saturated carbocycles. The van der Waals surface area contributed by atoms with Crippen LogP contribution in [0.15, 0.2) is 12.4 Å². The molecule has 4 heteroatoms. The lowest BCUT2D eigenvalue weighted by Crippen LogP contribution is -2.13. The molecule has 1 fully saturated rings. The zero-order valence-corrected chi connectivity index (χ0v) is 7.31. The Morgan fingerprint density at radius 2 is 2.08 bits per heavy atom. The Kier molecular flexibility index (Phi) is 2.40. The molecule has 0 bridgehead atoms. The molecule has 1 aromatic heterocycles. The molecule has 0 aliphatic carbocycles. The van der Waals surface area contributed by atoms with Crippen LogP contribution in [0.25, 0.3) is 0 Å². The summed E-state index contributed by atoms with van der Waals surface area (Å²) < 4.78 is 5.50. The first-order chi connectivity index (χ1) is 6.36. The molecule has 13 heavy (non-hydrogen) atoms. The predicted molar refractivity (Wildman–Crippen MR) is 46.2 cm³/mol. The van der Waals surface area contributed by atoms with Crippen LogP contribution in [0, 0.1) is 0 Å². The third-order valence-electron chi connectivity index (χ3n) is 2.13. The second-order valence-corrected chi connectivity index (χ2v) is 3.15. The van der Waals surface area contributed by atoms with Crippen LogP contribution in [0.3, 0.4) is 0 Å². The Balaban J connectivity index is 2.10. The van der Waals surface area contributed by atoms with Crippen LogP contribution >= 0.6 is 0 Å². The van der Waals surface area contributed by atoms with E-state index < -0.39 is 0 Å². The Morgan fingerprint density at radius 3 is 2.69 bits per heavy atom. The molecule has 0 amide bonds. The lowest BCUT2D eigenvalue weighted by molar-refractivity contribution is 0.00936. The van der Waals surface area contributed by atoms with Crippen molar-refractivity contribution in [1.29, 1.82) is 0 Å². The highest BCUT2D eigenvalue weighted by Crippen LogP contribution is 2.25. The number of ether oxygens (including phenoxy) is 1. The number of aromatic hydroxyl groups is 1. The summed E-state index contributed by atoms with van der Waals surface area (Å²) >= 11 is 0. The fourth-order valence-corrected chi connectivity index (χ4v) is 1.44. The number of hydrogen-bond acceptors (Lipinski definition) is 4. The van der Waals surface area contributed by atoms with Gasteiger partial charge in [0.2, 0.25) is 0 Å². The number of rotatable bonds is 1. The average molecular weight is 180 g/mol. The van der Waals surface area contributed by atoms with Crippen molar-refractivity contribution < 1.29 is 9.84 Å². The van der Waals surface area contributed by atoms with Crippen molar-refractivity contribution in [3.05, 3.63) is 18.2 Å². The van der Waals surface area contributed by atoms with Gasteiger partial charge in [0.25, 0.3) is 0 Å². The molecule has 1 N–H and O–H groups in total. The normalized spacial score (nSPS) is 22.9. The fraction of sp³-hybridized carbons (Fsp3) is 0.556. The van der Waals surface area contributed by atoms with Gasteiger partial charge >= 0.3 is 0 Å². The highest BCUT2D eigenvalue weighted by Gasteiger charge is 2.18. The van der Waals surface area contributed by atoms with Crippen LogP contribution in [0.1, 0.15) is 31.2 Å². The third kappa shape index (κ3) is 1.95. The van der Waals surface area contributed by atoms with Crippen molar-refractivity contribution in [2.24, 2.45) is 0 Å². The summed E-state index contributed by atoms with van der Waals surface area (Å²) in [5.74, 6) is 0.775. The van der Waals surface area contributed by atoms with Gasteiger partial charge in [0, 0.05) is 6.61 Å². The van der Waals surface area contributed by atoms with Gasteiger partial charge in [-0.3, -0.25) is 0 Å². The summed E-state index contributed by atoms with van der Waals surface area (Å²) in [5.41, 5.74) is 0. The molecule has 0 radical (unpaired) electrons. The van der Waals surface area contributed by atoms with Crippen molar-refractivity contribution in [3.8, 4) is 5.75 Å². The maximum atomic E-state index is 8.99. The maximum Gasteiger partial charge on any atom is 0.157 e. The standard InChI is InChI=1S/C9H12N2O2/c12-7-5-10-9(11-6-7)8-3-1-2-4-13-8/h5-6,8,12H,1-4H2. The smallest absolute Gasteiger partial charge is 0.157 e. The monoisotopic (exact) mass is 180 g/mol. The molecule has 1 unspecified atom stereocenters. The van der Waals surface area contributed by atoms with E-state index in [0.717, 1.165) is 25.9 Å². The second kappa shape index (κ2) is 3.70. The van der Waals surface area contributed by atoms with E-state index in [2.05, 4.69) is 9.97 Å². The minimum Gasteiger partial charge on any atom is -0.505 e. The Morgan fingerprint density at radius 1 is 1.31 bits per heavy atom. The molecule has 0 aromatic carbocycles. The molecule has 70 valence electrons. The van der Waals surface area contributed by atoms with Gasteiger partial charge in [0.1, 0.15) is 6.10 Å². The molecular weight excluding hydrogens is 168 g/mol. The van der Waals surface area contributed by atoms with Crippen molar-refractivity contribution in [3.63, 3.8) is 0 Å². The highest BCUT2D eigenvalue weighted by atomic mass is 16.5. The molecule has 2 rings (SSSR count). The summed E-state index contributed by atoms with van der Waals surface area (Å²) in [6.07, 6.45) is 6.09. The van der Waals surface area contributed by atoms with Gasteiger partial charge in [-0.2, -0.15) is 0 Å². The number of hydrogen-bond donors (Lipinski definition) is 1. The zero-order valence-electron chi connectivity index (χ0n) is 7.31. The van der Waals surface area contributed by atoms with E-state index in [1.165, 1.54) is 12.4 Å². The lowest BCUT2D eigenvalue weighted by atomic mass is 10.1.